The summed E-state index contributed by atoms with van der Waals surface area (Å²) < 4.78 is 5.28. The quantitative estimate of drug-likeness (QED) is 0.819. The lowest BCUT2D eigenvalue weighted by Crippen LogP contribution is -2.44. The van der Waals surface area contributed by atoms with Crippen molar-refractivity contribution in [1.29, 1.82) is 0 Å². The number of Topliss-reactive ketones (excluding diaryl/α,β-unsaturated/α-hetero) is 1. The molecule has 0 aromatic heterocycles. The molecule has 1 aliphatic heterocycles. The Hall–Kier alpha value is -1.84. The lowest BCUT2D eigenvalue weighted by molar-refractivity contribution is -0.136. The van der Waals surface area contributed by atoms with Gasteiger partial charge < -0.3 is 9.64 Å². The van der Waals surface area contributed by atoms with Gasteiger partial charge in [0.15, 0.2) is 0 Å². The molecule has 1 aliphatic carbocycles. The van der Waals surface area contributed by atoms with Crippen molar-refractivity contribution >= 4 is 11.9 Å². The minimum Gasteiger partial charge on any atom is -0.445 e. The van der Waals surface area contributed by atoms with Gasteiger partial charge in [-0.05, 0) is 18.4 Å². The fourth-order valence-electron chi connectivity index (χ4n) is 2.85. The highest BCUT2D eigenvalue weighted by Gasteiger charge is 2.51. The van der Waals surface area contributed by atoms with Crippen molar-refractivity contribution in [2.75, 3.05) is 13.1 Å². The first kappa shape index (κ1) is 12.2. The van der Waals surface area contributed by atoms with E-state index in [-0.39, 0.29) is 18.1 Å². The Balaban J connectivity index is 1.53. The Labute approximate surface area is 112 Å². The maximum Gasteiger partial charge on any atom is 0.410 e. The minimum atomic E-state index is -0.305. The number of carbonyl (C=O) groups is 2. The smallest absolute Gasteiger partial charge is 0.410 e. The number of hydrogen-bond donors (Lipinski definition) is 0. The SMILES string of the molecule is O=C(OCc1ccccc1)N1CC[C@@]2(CCC2=O)C1. The molecule has 1 saturated heterocycles. The van der Waals surface area contributed by atoms with Gasteiger partial charge in [-0.25, -0.2) is 4.79 Å². The first-order valence-corrected chi connectivity index (χ1v) is 6.69. The van der Waals surface area contributed by atoms with E-state index in [1.807, 2.05) is 30.3 Å². The number of nitrogens with zero attached hydrogens (tertiary/aromatic N) is 1. The fraction of sp³-hybridized carbons (Fsp3) is 0.467. The number of hydrogen-bond acceptors (Lipinski definition) is 3. The molecule has 19 heavy (non-hydrogen) atoms. The molecule has 3 rings (SSSR count). The topological polar surface area (TPSA) is 46.6 Å². The standard InChI is InChI=1S/C15H17NO3/c17-13-6-7-15(13)8-9-16(11-15)14(18)19-10-12-4-2-1-3-5-12/h1-5H,6-11H2/t15-/m0/s1. The predicted octanol–water partition coefficient (Wildman–Crippen LogP) is 2.38. The van der Waals surface area contributed by atoms with E-state index < -0.39 is 0 Å². The number of ether oxygens (including phenoxy) is 1. The molecule has 1 aromatic rings. The summed E-state index contributed by atoms with van der Waals surface area (Å²) >= 11 is 0. The summed E-state index contributed by atoms with van der Waals surface area (Å²) in [4.78, 5) is 25.2. The van der Waals surface area contributed by atoms with Crippen LogP contribution in [0.5, 0.6) is 0 Å². The Morgan fingerprint density at radius 3 is 2.63 bits per heavy atom. The third-order valence-electron chi connectivity index (χ3n) is 4.24. The van der Waals surface area contributed by atoms with E-state index in [0.29, 0.717) is 25.3 Å². The van der Waals surface area contributed by atoms with E-state index in [0.717, 1.165) is 18.4 Å². The van der Waals surface area contributed by atoms with Crippen molar-refractivity contribution in [1.82, 2.24) is 4.90 Å². The highest BCUT2D eigenvalue weighted by Crippen LogP contribution is 2.45. The second-order valence-corrected chi connectivity index (χ2v) is 5.42. The van der Waals surface area contributed by atoms with Gasteiger partial charge in [0.25, 0.3) is 0 Å². The van der Waals surface area contributed by atoms with E-state index in [4.69, 9.17) is 4.74 Å². The van der Waals surface area contributed by atoms with Crippen LogP contribution < -0.4 is 0 Å². The number of ketones is 1. The van der Waals surface area contributed by atoms with Crippen LogP contribution in [0, 0.1) is 5.41 Å². The zero-order valence-electron chi connectivity index (χ0n) is 10.8. The molecule has 1 aromatic carbocycles. The average molecular weight is 259 g/mol. The molecule has 100 valence electrons. The number of rotatable bonds is 2. The molecule has 4 heteroatoms. The molecular weight excluding hydrogens is 242 g/mol. The van der Waals surface area contributed by atoms with Crippen molar-refractivity contribution in [3.63, 3.8) is 0 Å². The van der Waals surface area contributed by atoms with Crippen molar-refractivity contribution in [3.8, 4) is 0 Å². The molecule has 1 spiro atoms. The number of likely N-dealkylation sites (tertiary alicyclic amines) is 1. The van der Waals surface area contributed by atoms with E-state index >= 15 is 0 Å². The van der Waals surface area contributed by atoms with Gasteiger partial charge in [-0.15, -0.1) is 0 Å². The molecule has 1 atom stereocenters. The predicted molar refractivity (Wildman–Crippen MR) is 69.5 cm³/mol. The van der Waals surface area contributed by atoms with E-state index in [1.165, 1.54) is 0 Å². The summed E-state index contributed by atoms with van der Waals surface area (Å²) in [6.07, 6.45) is 2.09. The second-order valence-electron chi connectivity index (χ2n) is 5.42. The molecule has 1 heterocycles. The maximum absolute atomic E-state index is 11.9. The summed E-state index contributed by atoms with van der Waals surface area (Å²) in [5.41, 5.74) is 0.746. The number of carbonyl (C=O) groups excluding carboxylic acids is 2. The molecular formula is C15H17NO3. The van der Waals surface area contributed by atoms with E-state index in [9.17, 15) is 9.59 Å². The summed E-state index contributed by atoms with van der Waals surface area (Å²) in [5, 5.41) is 0. The van der Waals surface area contributed by atoms with Crippen LogP contribution in [-0.4, -0.2) is 29.9 Å². The third kappa shape index (κ3) is 2.23. The largest absolute Gasteiger partial charge is 0.445 e. The van der Waals surface area contributed by atoms with E-state index in [2.05, 4.69) is 0 Å². The highest BCUT2D eigenvalue weighted by molar-refractivity contribution is 5.91. The monoisotopic (exact) mass is 259 g/mol. The normalized spacial score (nSPS) is 25.5. The lowest BCUT2D eigenvalue weighted by Gasteiger charge is -2.35. The first-order chi connectivity index (χ1) is 9.20. The first-order valence-electron chi connectivity index (χ1n) is 6.69. The average Bonchev–Trinajstić information content (AvgIpc) is 2.92. The van der Waals surface area contributed by atoms with Crippen molar-refractivity contribution in [2.24, 2.45) is 5.41 Å². The maximum atomic E-state index is 11.9. The summed E-state index contributed by atoms with van der Waals surface area (Å²) in [7, 11) is 0. The minimum absolute atomic E-state index is 0.230. The molecule has 0 unspecified atom stereocenters. The van der Waals surface area contributed by atoms with Crippen LogP contribution in [0.4, 0.5) is 4.79 Å². The van der Waals surface area contributed by atoms with Crippen LogP contribution in [0.15, 0.2) is 30.3 Å². The molecule has 1 saturated carbocycles. The molecule has 4 nitrogen and oxygen atoms in total. The molecule has 2 aliphatic rings. The van der Waals surface area contributed by atoms with Gasteiger partial charge in [-0.2, -0.15) is 0 Å². The van der Waals surface area contributed by atoms with Crippen molar-refractivity contribution in [3.05, 3.63) is 35.9 Å². The van der Waals surface area contributed by atoms with Gasteiger partial charge in [0.05, 0.1) is 0 Å². The van der Waals surface area contributed by atoms with Gasteiger partial charge in [0, 0.05) is 24.9 Å². The van der Waals surface area contributed by atoms with Crippen molar-refractivity contribution in [2.45, 2.75) is 25.9 Å². The van der Waals surface area contributed by atoms with Crippen molar-refractivity contribution < 1.29 is 14.3 Å². The van der Waals surface area contributed by atoms with Crippen LogP contribution >= 0.6 is 0 Å². The second kappa shape index (κ2) is 4.68. The fourth-order valence-corrected chi connectivity index (χ4v) is 2.85. The van der Waals surface area contributed by atoms with Gasteiger partial charge in [-0.1, -0.05) is 30.3 Å². The van der Waals surface area contributed by atoms with Crippen LogP contribution in [0.25, 0.3) is 0 Å². The summed E-state index contributed by atoms with van der Waals surface area (Å²) in [6, 6.07) is 9.61. The summed E-state index contributed by atoms with van der Waals surface area (Å²) in [5.74, 6) is 0.311. The van der Waals surface area contributed by atoms with Crippen LogP contribution in [0.1, 0.15) is 24.8 Å². The highest BCUT2D eigenvalue weighted by atomic mass is 16.6. The van der Waals surface area contributed by atoms with Crippen LogP contribution in [0.2, 0.25) is 0 Å². The Morgan fingerprint density at radius 2 is 2.05 bits per heavy atom. The zero-order valence-corrected chi connectivity index (χ0v) is 10.8. The molecule has 0 radical (unpaired) electrons. The zero-order chi connectivity index (χ0) is 13.3. The molecule has 2 fully saturated rings. The van der Waals surface area contributed by atoms with Crippen LogP contribution in [-0.2, 0) is 16.1 Å². The summed E-state index contributed by atoms with van der Waals surface area (Å²) in [6.45, 7) is 1.47. The Morgan fingerprint density at radius 1 is 1.26 bits per heavy atom. The van der Waals surface area contributed by atoms with E-state index in [1.54, 1.807) is 4.90 Å². The Bertz CT molecular complexity index is 499. The molecule has 0 bridgehead atoms. The van der Waals surface area contributed by atoms with Gasteiger partial charge in [-0.3, -0.25) is 4.79 Å². The molecule has 0 N–H and O–H groups in total. The third-order valence-corrected chi connectivity index (χ3v) is 4.24. The lowest BCUT2D eigenvalue weighted by atomic mass is 9.67. The van der Waals surface area contributed by atoms with Gasteiger partial charge >= 0.3 is 6.09 Å². The van der Waals surface area contributed by atoms with Gasteiger partial charge in [0.2, 0.25) is 0 Å². The molecule has 1 amide bonds. The Kier molecular flexibility index (Phi) is 3.01. The van der Waals surface area contributed by atoms with Gasteiger partial charge in [0.1, 0.15) is 12.4 Å². The number of benzene rings is 1. The number of amides is 1. The van der Waals surface area contributed by atoms with Crippen LogP contribution in [0.3, 0.4) is 0 Å².